The van der Waals surface area contributed by atoms with E-state index in [4.69, 9.17) is 0 Å². The van der Waals surface area contributed by atoms with E-state index in [0.717, 1.165) is 31.0 Å². The Balaban J connectivity index is 2.25. The zero-order valence-corrected chi connectivity index (χ0v) is 9.99. The first-order valence-corrected chi connectivity index (χ1v) is 6.06. The van der Waals surface area contributed by atoms with Crippen molar-refractivity contribution >= 4 is 5.95 Å². The van der Waals surface area contributed by atoms with Gasteiger partial charge in [-0.25, -0.2) is 4.98 Å². The Morgan fingerprint density at radius 1 is 1.50 bits per heavy atom. The van der Waals surface area contributed by atoms with Crippen molar-refractivity contribution in [1.29, 1.82) is 0 Å². The molecule has 0 bridgehead atoms. The van der Waals surface area contributed by atoms with Crippen LogP contribution in [0.15, 0.2) is 11.0 Å². The summed E-state index contributed by atoms with van der Waals surface area (Å²) in [6.07, 6.45) is 5.09. The highest BCUT2D eigenvalue weighted by atomic mass is 16.1. The molecule has 4 nitrogen and oxygen atoms in total. The topological polar surface area (TPSA) is 49.0 Å². The van der Waals surface area contributed by atoms with Crippen LogP contribution in [-0.4, -0.2) is 23.1 Å². The van der Waals surface area contributed by atoms with Crippen molar-refractivity contribution in [2.24, 2.45) is 0 Å². The van der Waals surface area contributed by atoms with Crippen LogP contribution in [0, 0.1) is 0 Å². The summed E-state index contributed by atoms with van der Waals surface area (Å²) in [5.41, 5.74) is 0.816. The molecule has 1 unspecified atom stereocenters. The van der Waals surface area contributed by atoms with Gasteiger partial charge >= 0.3 is 0 Å². The molecule has 1 fully saturated rings. The maximum absolute atomic E-state index is 11.9. The second-order valence-electron chi connectivity index (χ2n) is 4.49. The Bertz CT molecular complexity index is 407. The maximum atomic E-state index is 11.9. The zero-order valence-electron chi connectivity index (χ0n) is 9.99. The second kappa shape index (κ2) is 4.68. The van der Waals surface area contributed by atoms with Gasteiger partial charge in [0.05, 0.1) is 0 Å². The van der Waals surface area contributed by atoms with Gasteiger partial charge in [0.2, 0.25) is 5.95 Å². The predicted molar refractivity (Wildman–Crippen MR) is 65.0 cm³/mol. The van der Waals surface area contributed by atoms with E-state index in [2.05, 4.69) is 28.7 Å². The van der Waals surface area contributed by atoms with Crippen molar-refractivity contribution in [2.45, 2.75) is 39.0 Å². The molecule has 0 radical (unpaired) electrons. The first kappa shape index (κ1) is 11.2. The first-order chi connectivity index (χ1) is 7.72. The molecule has 16 heavy (non-hydrogen) atoms. The minimum atomic E-state index is 0.0197. The third-order valence-electron chi connectivity index (χ3n) is 3.36. The van der Waals surface area contributed by atoms with Gasteiger partial charge in [-0.05, 0) is 25.2 Å². The predicted octanol–water partition coefficient (Wildman–Crippen LogP) is 1.88. The fourth-order valence-electron chi connectivity index (χ4n) is 2.06. The van der Waals surface area contributed by atoms with E-state index in [1.54, 1.807) is 6.20 Å². The summed E-state index contributed by atoms with van der Waals surface area (Å²) in [6, 6.07) is 0. The highest BCUT2D eigenvalue weighted by Gasteiger charge is 2.16. The average Bonchev–Trinajstić information content (AvgIpc) is 2.81. The SMILES string of the molecule is CCC(C)c1cnc(N2CCCC2)[nH]c1=O. The molecule has 1 aromatic rings. The van der Waals surface area contributed by atoms with E-state index >= 15 is 0 Å². The van der Waals surface area contributed by atoms with Gasteiger partial charge in [0, 0.05) is 24.8 Å². The van der Waals surface area contributed by atoms with Gasteiger partial charge in [0.15, 0.2) is 0 Å². The maximum Gasteiger partial charge on any atom is 0.255 e. The largest absolute Gasteiger partial charge is 0.342 e. The Kier molecular flexibility index (Phi) is 3.27. The summed E-state index contributed by atoms with van der Waals surface area (Å²) < 4.78 is 0. The lowest BCUT2D eigenvalue weighted by atomic mass is 10.0. The summed E-state index contributed by atoms with van der Waals surface area (Å²) in [6.45, 7) is 6.15. The molecule has 0 spiro atoms. The van der Waals surface area contributed by atoms with E-state index in [9.17, 15) is 4.79 Å². The lowest BCUT2D eigenvalue weighted by molar-refractivity contribution is 0.713. The third kappa shape index (κ3) is 2.10. The Morgan fingerprint density at radius 3 is 2.75 bits per heavy atom. The van der Waals surface area contributed by atoms with Gasteiger partial charge in [-0.3, -0.25) is 9.78 Å². The number of aromatic amines is 1. The van der Waals surface area contributed by atoms with Crippen molar-refractivity contribution in [3.05, 3.63) is 22.1 Å². The molecule has 1 aliphatic rings. The number of nitrogens with zero attached hydrogens (tertiary/aromatic N) is 2. The number of hydrogen-bond acceptors (Lipinski definition) is 3. The number of anilines is 1. The van der Waals surface area contributed by atoms with Crippen LogP contribution in [0.1, 0.15) is 44.6 Å². The Labute approximate surface area is 95.7 Å². The number of H-pyrrole nitrogens is 1. The number of aromatic nitrogens is 2. The summed E-state index contributed by atoms with van der Waals surface area (Å²) in [5.74, 6) is 1.01. The second-order valence-corrected chi connectivity index (χ2v) is 4.49. The van der Waals surface area contributed by atoms with Crippen LogP contribution < -0.4 is 10.5 Å². The van der Waals surface area contributed by atoms with Crippen molar-refractivity contribution in [3.63, 3.8) is 0 Å². The summed E-state index contributed by atoms with van der Waals surface area (Å²) in [4.78, 5) is 21.3. The molecule has 1 aromatic heterocycles. The zero-order chi connectivity index (χ0) is 11.5. The number of hydrogen-bond donors (Lipinski definition) is 1. The Hall–Kier alpha value is -1.32. The number of nitrogens with one attached hydrogen (secondary N) is 1. The Morgan fingerprint density at radius 2 is 2.19 bits per heavy atom. The van der Waals surface area contributed by atoms with Crippen LogP contribution in [-0.2, 0) is 0 Å². The van der Waals surface area contributed by atoms with Gasteiger partial charge < -0.3 is 4.90 Å². The van der Waals surface area contributed by atoms with Crippen LogP contribution >= 0.6 is 0 Å². The van der Waals surface area contributed by atoms with E-state index in [1.807, 2.05) is 0 Å². The van der Waals surface area contributed by atoms with Crippen molar-refractivity contribution in [2.75, 3.05) is 18.0 Å². The van der Waals surface area contributed by atoms with Crippen LogP contribution in [0.25, 0.3) is 0 Å². The molecular weight excluding hydrogens is 202 g/mol. The highest BCUT2D eigenvalue weighted by Crippen LogP contribution is 2.17. The molecule has 4 heteroatoms. The monoisotopic (exact) mass is 221 g/mol. The smallest absolute Gasteiger partial charge is 0.255 e. The summed E-state index contributed by atoms with van der Waals surface area (Å²) in [5, 5.41) is 0. The molecule has 88 valence electrons. The van der Waals surface area contributed by atoms with Crippen molar-refractivity contribution in [3.8, 4) is 0 Å². The van der Waals surface area contributed by atoms with Gasteiger partial charge in [0.25, 0.3) is 5.56 Å². The molecule has 0 amide bonds. The van der Waals surface area contributed by atoms with Gasteiger partial charge in [-0.2, -0.15) is 0 Å². The molecular formula is C12H19N3O. The normalized spacial score (nSPS) is 17.8. The van der Waals surface area contributed by atoms with E-state index in [0.29, 0.717) is 0 Å². The van der Waals surface area contributed by atoms with E-state index in [1.165, 1.54) is 12.8 Å². The average molecular weight is 221 g/mol. The molecule has 0 aliphatic carbocycles. The van der Waals surface area contributed by atoms with Gasteiger partial charge in [-0.15, -0.1) is 0 Å². The van der Waals surface area contributed by atoms with Crippen molar-refractivity contribution < 1.29 is 0 Å². The molecule has 0 aromatic carbocycles. The standard InChI is InChI=1S/C12H19N3O/c1-3-9(2)10-8-13-12(14-11(10)16)15-6-4-5-7-15/h8-9H,3-7H2,1-2H3,(H,13,14,16). The fourth-order valence-corrected chi connectivity index (χ4v) is 2.06. The minimum Gasteiger partial charge on any atom is -0.342 e. The molecule has 1 aliphatic heterocycles. The quantitative estimate of drug-likeness (QED) is 0.847. The molecule has 1 atom stereocenters. The first-order valence-electron chi connectivity index (χ1n) is 6.06. The van der Waals surface area contributed by atoms with E-state index in [-0.39, 0.29) is 11.5 Å². The van der Waals surface area contributed by atoms with Crippen molar-refractivity contribution in [1.82, 2.24) is 9.97 Å². The third-order valence-corrected chi connectivity index (χ3v) is 3.36. The number of rotatable bonds is 3. The lowest BCUT2D eigenvalue weighted by Crippen LogP contribution is -2.25. The van der Waals surface area contributed by atoms with E-state index < -0.39 is 0 Å². The molecule has 1 saturated heterocycles. The van der Waals surface area contributed by atoms with Gasteiger partial charge in [-0.1, -0.05) is 13.8 Å². The van der Waals surface area contributed by atoms with Crippen LogP contribution in [0.5, 0.6) is 0 Å². The summed E-state index contributed by atoms with van der Waals surface area (Å²) in [7, 11) is 0. The fraction of sp³-hybridized carbons (Fsp3) is 0.667. The summed E-state index contributed by atoms with van der Waals surface area (Å²) >= 11 is 0. The lowest BCUT2D eigenvalue weighted by Gasteiger charge is -2.16. The highest BCUT2D eigenvalue weighted by molar-refractivity contribution is 5.31. The van der Waals surface area contributed by atoms with Crippen LogP contribution in [0.4, 0.5) is 5.95 Å². The molecule has 2 heterocycles. The molecule has 0 saturated carbocycles. The van der Waals surface area contributed by atoms with Gasteiger partial charge in [0.1, 0.15) is 0 Å². The molecule has 1 N–H and O–H groups in total. The van der Waals surface area contributed by atoms with Crippen LogP contribution in [0.2, 0.25) is 0 Å². The minimum absolute atomic E-state index is 0.0197. The molecule has 2 rings (SSSR count). The van der Waals surface area contributed by atoms with Crippen LogP contribution in [0.3, 0.4) is 0 Å².